The van der Waals surface area contributed by atoms with E-state index >= 15 is 0 Å². The first-order chi connectivity index (χ1) is 17.0. The summed E-state index contributed by atoms with van der Waals surface area (Å²) in [6.45, 7) is 20.9. The summed E-state index contributed by atoms with van der Waals surface area (Å²) < 4.78 is 17.7. The van der Waals surface area contributed by atoms with Crippen LogP contribution in [0, 0.1) is 0 Å². The second-order valence-electron chi connectivity index (χ2n) is 11.2. The van der Waals surface area contributed by atoms with Crippen molar-refractivity contribution >= 4 is 26.2 Å². The molecule has 1 aromatic carbocycles. The van der Waals surface area contributed by atoms with Crippen LogP contribution in [-0.4, -0.2) is 49.6 Å². The first-order valence-electron chi connectivity index (χ1n) is 12.7. The second-order valence-corrected chi connectivity index (χ2v) is 16.6. The minimum atomic E-state index is -2.05. The molecule has 0 aliphatic carbocycles. The summed E-state index contributed by atoms with van der Waals surface area (Å²) in [5.41, 5.74) is 0.875. The van der Waals surface area contributed by atoms with Gasteiger partial charge in [-0.05, 0) is 56.5 Å². The number of carbonyl (C=O) groups excluding carboxylic acids is 2. The van der Waals surface area contributed by atoms with Crippen LogP contribution in [0.1, 0.15) is 79.6 Å². The molecular weight excluding hydrogens is 490 g/mol. The van der Waals surface area contributed by atoms with Crippen LogP contribution in [0.2, 0.25) is 16.6 Å². The van der Waals surface area contributed by atoms with Crippen molar-refractivity contribution in [2.24, 2.45) is 0 Å². The van der Waals surface area contributed by atoms with Crippen LogP contribution in [-0.2, 0) is 9.16 Å². The van der Waals surface area contributed by atoms with Gasteiger partial charge >= 0.3 is 12.0 Å². The SMILES string of the molecule is CC(C)[Si](OC[C@H](C)Oc1cc(O)cc(C(=O)NC(=[NH2+])/C=C\NC(=O)OC(C)(C)C)c1)(C(C)C)C(C)C. The highest BCUT2D eigenvalue weighted by Crippen LogP contribution is 2.42. The Labute approximate surface area is 222 Å². The Morgan fingerprint density at radius 3 is 2.11 bits per heavy atom. The van der Waals surface area contributed by atoms with E-state index in [1.54, 1.807) is 20.8 Å². The van der Waals surface area contributed by atoms with Crippen molar-refractivity contribution in [3.05, 3.63) is 36.0 Å². The lowest BCUT2D eigenvalue weighted by Crippen LogP contribution is -2.50. The van der Waals surface area contributed by atoms with E-state index < -0.39 is 25.9 Å². The molecule has 2 amide bonds. The number of phenols is 1. The molecule has 0 aromatic heterocycles. The van der Waals surface area contributed by atoms with E-state index in [9.17, 15) is 14.7 Å². The fraction of sp³-hybridized carbons (Fsp3) is 0.593. The van der Waals surface area contributed by atoms with Crippen molar-refractivity contribution in [3.8, 4) is 11.5 Å². The van der Waals surface area contributed by atoms with E-state index in [1.807, 2.05) is 6.92 Å². The maximum atomic E-state index is 12.7. The highest BCUT2D eigenvalue weighted by atomic mass is 28.4. The van der Waals surface area contributed by atoms with E-state index in [2.05, 4.69) is 52.2 Å². The Morgan fingerprint density at radius 1 is 1.03 bits per heavy atom. The van der Waals surface area contributed by atoms with Gasteiger partial charge in [-0.1, -0.05) is 41.5 Å². The number of ether oxygens (including phenoxy) is 2. The number of nitrogens with two attached hydrogens (primary N) is 1. The van der Waals surface area contributed by atoms with Crippen molar-refractivity contribution in [2.75, 3.05) is 6.61 Å². The fourth-order valence-corrected chi connectivity index (χ4v) is 10.1. The Kier molecular flexibility index (Phi) is 11.8. The number of amides is 2. The normalized spacial score (nSPS) is 13.2. The average molecular weight is 537 g/mol. The third-order valence-corrected chi connectivity index (χ3v) is 12.0. The number of rotatable bonds is 11. The van der Waals surface area contributed by atoms with Gasteiger partial charge in [0, 0.05) is 18.3 Å². The van der Waals surface area contributed by atoms with Gasteiger partial charge in [0.15, 0.2) is 0 Å². The molecule has 0 spiro atoms. The van der Waals surface area contributed by atoms with Crippen LogP contribution < -0.4 is 20.8 Å². The molecule has 1 atom stereocenters. The Balaban J connectivity index is 2.81. The smallest absolute Gasteiger partial charge is 0.411 e. The van der Waals surface area contributed by atoms with Crippen LogP contribution in [0.15, 0.2) is 30.5 Å². The van der Waals surface area contributed by atoms with Crippen molar-refractivity contribution in [1.29, 1.82) is 0 Å². The lowest BCUT2D eigenvalue weighted by atomic mass is 10.2. The van der Waals surface area contributed by atoms with Crippen molar-refractivity contribution < 1.29 is 34.0 Å². The zero-order valence-electron chi connectivity index (χ0n) is 24.0. The molecule has 0 unspecified atom stereocenters. The number of hydrogen-bond acceptors (Lipinski definition) is 6. The number of nitrogens with one attached hydrogen (secondary N) is 2. The summed E-state index contributed by atoms with van der Waals surface area (Å²) in [5, 5.41) is 20.9. The highest BCUT2D eigenvalue weighted by molar-refractivity contribution is 6.77. The zero-order valence-corrected chi connectivity index (χ0v) is 25.0. The molecule has 0 bridgehead atoms. The number of hydrogen-bond donors (Lipinski definition) is 4. The molecule has 0 aliphatic rings. The summed E-state index contributed by atoms with van der Waals surface area (Å²) in [4.78, 5) is 24.3. The predicted molar refractivity (Wildman–Crippen MR) is 148 cm³/mol. The van der Waals surface area contributed by atoms with E-state index in [4.69, 9.17) is 19.3 Å². The molecular formula is C27H46N3O6Si+. The summed E-state index contributed by atoms with van der Waals surface area (Å²) in [7, 11) is -2.05. The maximum absolute atomic E-state index is 12.7. The molecule has 37 heavy (non-hydrogen) atoms. The number of carbonyl (C=O) groups is 2. The highest BCUT2D eigenvalue weighted by Gasteiger charge is 2.45. The summed E-state index contributed by atoms with van der Waals surface area (Å²) in [6.07, 6.45) is 1.64. The van der Waals surface area contributed by atoms with Gasteiger partial charge in [0.1, 0.15) is 23.2 Å². The fourth-order valence-electron chi connectivity index (χ4n) is 4.56. The summed E-state index contributed by atoms with van der Waals surface area (Å²) in [5.74, 6) is -0.333. The van der Waals surface area contributed by atoms with Crippen LogP contribution in [0.5, 0.6) is 11.5 Å². The minimum Gasteiger partial charge on any atom is -0.508 e. The first-order valence-corrected chi connectivity index (χ1v) is 14.9. The predicted octanol–water partition coefficient (Wildman–Crippen LogP) is 4.28. The molecule has 10 heteroatoms. The van der Waals surface area contributed by atoms with Gasteiger partial charge in [-0.25, -0.2) is 14.9 Å². The molecule has 0 saturated heterocycles. The molecule has 1 aromatic rings. The maximum Gasteiger partial charge on any atom is 0.411 e. The second kappa shape index (κ2) is 13.6. The molecule has 0 saturated carbocycles. The monoisotopic (exact) mass is 536 g/mol. The Hall–Kier alpha value is -2.85. The Morgan fingerprint density at radius 2 is 1.59 bits per heavy atom. The molecule has 0 aliphatic heterocycles. The van der Waals surface area contributed by atoms with Crippen LogP contribution >= 0.6 is 0 Å². The van der Waals surface area contributed by atoms with Gasteiger partial charge in [0.25, 0.3) is 5.84 Å². The third-order valence-electron chi connectivity index (χ3n) is 5.89. The van der Waals surface area contributed by atoms with Gasteiger partial charge in [0.05, 0.1) is 12.2 Å². The number of amidine groups is 1. The number of benzene rings is 1. The lowest BCUT2D eigenvalue weighted by molar-refractivity contribution is -0.115. The number of alkyl carbamates (subject to hydrolysis) is 1. The largest absolute Gasteiger partial charge is 0.508 e. The van der Waals surface area contributed by atoms with Gasteiger partial charge in [-0.15, -0.1) is 0 Å². The van der Waals surface area contributed by atoms with Gasteiger partial charge in [-0.2, -0.15) is 0 Å². The van der Waals surface area contributed by atoms with Crippen molar-refractivity contribution in [3.63, 3.8) is 0 Å². The van der Waals surface area contributed by atoms with E-state index in [-0.39, 0.29) is 23.3 Å². The number of phenolic OH excluding ortho intramolecular Hbond substituents is 1. The molecule has 0 radical (unpaired) electrons. The van der Waals surface area contributed by atoms with E-state index in [0.29, 0.717) is 29.0 Å². The van der Waals surface area contributed by atoms with E-state index in [0.717, 1.165) is 0 Å². The van der Waals surface area contributed by atoms with Crippen LogP contribution in [0.25, 0.3) is 0 Å². The van der Waals surface area contributed by atoms with Crippen molar-refractivity contribution in [2.45, 2.75) is 97.6 Å². The van der Waals surface area contributed by atoms with Crippen LogP contribution in [0.4, 0.5) is 4.79 Å². The summed E-state index contributed by atoms with van der Waals surface area (Å²) >= 11 is 0. The van der Waals surface area contributed by atoms with Crippen LogP contribution in [0.3, 0.4) is 0 Å². The zero-order chi connectivity index (χ0) is 28.6. The first kappa shape index (κ1) is 32.2. The molecule has 208 valence electrons. The Bertz CT molecular complexity index is 948. The average Bonchev–Trinajstić information content (AvgIpc) is 2.71. The quantitative estimate of drug-likeness (QED) is 0.190. The lowest BCUT2D eigenvalue weighted by Gasteiger charge is -2.42. The van der Waals surface area contributed by atoms with E-state index in [1.165, 1.54) is 30.5 Å². The molecule has 1 rings (SSSR count). The van der Waals surface area contributed by atoms with Gasteiger partial charge in [-0.3, -0.25) is 10.7 Å². The standard InChI is InChI=1S/C27H45N3O6Si/c1-17(2)37(18(3)4,19(5)6)34-16-20(7)35-23-14-21(13-22(31)15-23)25(32)30-24(28)11-12-29-26(33)36-27(8,9)10/h11-15,17-20,31H,16H2,1-10H3,(H,29,33)(H2,28,30,32)/p+1/b12-11-/t20-/m0/s1. The third kappa shape index (κ3) is 10.2. The number of aromatic hydroxyl groups is 1. The van der Waals surface area contributed by atoms with Crippen molar-refractivity contribution in [1.82, 2.24) is 10.6 Å². The van der Waals surface area contributed by atoms with Gasteiger partial charge < -0.3 is 19.0 Å². The topological polar surface area (TPSA) is 132 Å². The minimum absolute atomic E-state index is 0.00834. The molecule has 0 heterocycles. The molecule has 9 nitrogen and oxygen atoms in total. The summed E-state index contributed by atoms with van der Waals surface area (Å²) in [6, 6.07) is 4.29. The van der Waals surface area contributed by atoms with Gasteiger partial charge in [0.2, 0.25) is 8.32 Å². The molecule has 0 fully saturated rings. The molecule has 5 N–H and O–H groups in total.